The topological polar surface area (TPSA) is 24.9 Å². The van der Waals surface area contributed by atoms with Crippen molar-refractivity contribution in [3.8, 4) is 0 Å². The van der Waals surface area contributed by atoms with Crippen molar-refractivity contribution in [1.82, 2.24) is 10.3 Å². The molecule has 1 aromatic heterocycles. The van der Waals surface area contributed by atoms with Crippen molar-refractivity contribution in [3.63, 3.8) is 0 Å². The van der Waals surface area contributed by atoms with Gasteiger partial charge in [0.2, 0.25) is 0 Å². The van der Waals surface area contributed by atoms with Gasteiger partial charge in [0.25, 0.3) is 0 Å². The number of aromatic nitrogens is 1. The number of pyridine rings is 1. The highest BCUT2D eigenvalue weighted by Crippen LogP contribution is 2.26. The van der Waals surface area contributed by atoms with Gasteiger partial charge in [0.1, 0.15) is 0 Å². The molecule has 16 heavy (non-hydrogen) atoms. The smallest absolute Gasteiger partial charge is 0.0410 e. The fraction of sp³-hybridized carbons (Fsp3) is 0.615. The average molecular weight is 285 g/mol. The zero-order valence-corrected chi connectivity index (χ0v) is 12.0. The van der Waals surface area contributed by atoms with Crippen LogP contribution in [0.3, 0.4) is 0 Å². The molecule has 0 fully saturated rings. The van der Waals surface area contributed by atoms with Gasteiger partial charge in [-0.25, -0.2) is 0 Å². The van der Waals surface area contributed by atoms with Crippen molar-refractivity contribution in [2.45, 2.75) is 33.6 Å². The van der Waals surface area contributed by atoms with Gasteiger partial charge in [-0.15, -0.1) is 0 Å². The lowest BCUT2D eigenvalue weighted by Crippen LogP contribution is -2.23. The molecule has 0 radical (unpaired) electrons. The first-order valence-corrected chi connectivity index (χ1v) is 6.63. The van der Waals surface area contributed by atoms with Crippen molar-refractivity contribution >= 4 is 15.9 Å². The lowest BCUT2D eigenvalue weighted by atomic mass is 9.83. The number of halogens is 1. The Morgan fingerprint density at radius 3 is 2.75 bits per heavy atom. The molecular weight excluding hydrogens is 264 g/mol. The number of rotatable bonds is 6. The maximum Gasteiger partial charge on any atom is 0.0410 e. The molecular formula is C13H21BrN2. The Morgan fingerprint density at radius 1 is 1.38 bits per heavy atom. The molecule has 0 saturated heterocycles. The van der Waals surface area contributed by atoms with E-state index >= 15 is 0 Å². The summed E-state index contributed by atoms with van der Waals surface area (Å²) in [5.74, 6) is 0. The molecule has 3 heteroatoms. The van der Waals surface area contributed by atoms with Crippen LogP contribution in [0.15, 0.2) is 22.9 Å². The van der Waals surface area contributed by atoms with E-state index in [1.165, 1.54) is 12.0 Å². The van der Waals surface area contributed by atoms with Gasteiger partial charge < -0.3 is 5.32 Å². The van der Waals surface area contributed by atoms with E-state index in [4.69, 9.17) is 0 Å². The zero-order valence-electron chi connectivity index (χ0n) is 10.4. The highest BCUT2D eigenvalue weighted by molar-refractivity contribution is 9.10. The third kappa shape index (κ3) is 5.08. The molecule has 0 bridgehead atoms. The van der Waals surface area contributed by atoms with Gasteiger partial charge in [-0.3, -0.25) is 4.98 Å². The molecule has 0 unspecified atom stereocenters. The predicted molar refractivity (Wildman–Crippen MR) is 72.6 cm³/mol. The molecule has 0 aromatic carbocycles. The Kier molecular flexibility index (Phi) is 5.42. The Morgan fingerprint density at radius 2 is 2.12 bits per heavy atom. The Hall–Kier alpha value is -0.410. The van der Waals surface area contributed by atoms with Crippen LogP contribution in [0.4, 0.5) is 0 Å². The highest BCUT2D eigenvalue weighted by atomic mass is 79.9. The SMILES string of the molecule is CCNCCC(C)(C)Cc1cncc(Br)c1. The molecule has 0 aliphatic carbocycles. The highest BCUT2D eigenvalue weighted by Gasteiger charge is 2.18. The maximum atomic E-state index is 4.20. The number of nitrogens with zero attached hydrogens (tertiary/aromatic N) is 1. The molecule has 90 valence electrons. The van der Waals surface area contributed by atoms with Crippen LogP contribution >= 0.6 is 15.9 Å². The van der Waals surface area contributed by atoms with Crippen LogP contribution in [0.5, 0.6) is 0 Å². The largest absolute Gasteiger partial charge is 0.317 e. The second-order valence-corrected chi connectivity index (χ2v) is 5.87. The first kappa shape index (κ1) is 13.7. The molecule has 1 rings (SSSR count). The van der Waals surface area contributed by atoms with E-state index in [2.05, 4.69) is 53.1 Å². The molecule has 1 aromatic rings. The van der Waals surface area contributed by atoms with Crippen molar-refractivity contribution < 1.29 is 0 Å². The molecule has 0 spiro atoms. The Labute approximate surface area is 107 Å². The summed E-state index contributed by atoms with van der Waals surface area (Å²) in [5.41, 5.74) is 1.63. The number of hydrogen-bond donors (Lipinski definition) is 1. The van der Waals surface area contributed by atoms with Crippen LogP contribution in [-0.2, 0) is 6.42 Å². The van der Waals surface area contributed by atoms with Gasteiger partial charge in [-0.05, 0) is 58.9 Å². The summed E-state index contributed by atoms with van der Waals surface area (Å²) in [7, 11) is 0. The molecule has 0 atom stereocenters. The predicted octanol–water partition coefficient (Wildman–Crippen LogP) is 3.41. The van der Waals surface area contributed by atoms with Crippen molar-refractivity contribution in [3.05, 3.63) is 28.5 Å². The van der Waals surface area contributed by atoms with Crippen molar-refractivity contribution in [2.24, 2.45) is 5.41 Å². The van der Waals surface area contributed by atoms with Crippen molar-refractivity contribution in [1.29, 1.82) is 0 Å². The molecule has 1 heterocycles. The minimum Gasteiger partial charge on any atom is -0.317 e. The minimum atomic E-state index is 0.324. The molecule has 2 nitrogen and oxygen atoms in total. The first-order chi connectivity index (χ1) is 7.53. The number of nitrogens with one attached hydrogen (secondary N) is 1. The molecule has 0 aliphatic rings. The molecule has 1 N–H and O–H groups in total. The zero-order chi connectivity index (χ0) is 12.0. The summed E-state index contributed by atoms with van der Waals surface area (Å²) in [6.45, 7) is 8.90. The third-order valence-corrected chi connectivity index (χ3v) is 3.11. The van der Waals surface area contributed by atoms with Gasteiger partial charge in [-0.1, -0.05) is 20.8 Å². The Bertz CT molecular complexity index is 323. The van der Waals surface area contributed by atoms with Gasteiger partial charge in [0.15, 0.2) is 0 Å². The van der Waals surface area contributed by atoms with Gasteiger partial charge >= 0.3 is 0 Å². The Balaban J connectivity index is 2.51. The summed E-state index contributed by atoms with van der Waals surface area (Å²) >= 11 is 3.46. The summed E-state index contributed by atoms with van der Waals surface area (Å²) in [4.78, 5) is 4.20. The standard InChI is InChI=1S/C13H21BrN2/c1-4-15-6-5-13(2,3)8-11-7-12(14)10-16-9-11/h7,9-10,15H,4-6,8H2,1-3H3. The molecule has 0 amide bonds. The molecule has 0 aliphatic heterocycles. The van der Waals surface area contributed by atoms with Gasteiger partial charge in [0, 0.05) is 16.9 Å². The minimum absolute atomic E-state index is 0.324. The monoisotopic (exact) mass is 284 g/mol. The second-order valence-electron chi connectivity index (χ2n) is 4.96. The van der Waals surface area contributed by atoms with Crippen LogP contribution < -0.4 is 5.32 Å². The summed E-state index contributed by atoms with van der Waals surface area (Å²) in [6.07, 6.45) is 6.05. The van der Waals surface area contributed by atoms with E-state index in [1.807, 2.05) is 12.4 Å². The van der Waals surface area contributed by atoms with Crippen LogP contribution in [0, 0.1) is 5.41 Å². The van der Waals surface area contributed by atoms with Crippen LogP contribution in [-0.4, -0.2) is 18.1 Å². The van der Waals surface area contributed by atoms with Crippen LogP contribution in [0.1, 0.15) is 32.8 Å². The average Bonchev–Trinajstić information content (AvgIpc) is 2.17. The summed E-state index contributed by atoms with van der Waals surface area (Å²) < 4.78 is 1.06. The quantitative estimate of drug-likeness (QED) is 0.810. The van der Waals surface area contributed by atoms with E-state index in [-0.39, 0.29) is 0 Å². The van der Waals surface area contributed by atoms with Crippen molar-refractivity contribution in [2.75, 3.05) is 13.1 Å². The van der Waals surface area contributed by atoms with E-state index in [1.54, 1.807) is 0 Å². The lowest BCUT2D eigenvalue weighted by molar-refractivity contribution is 0.326. The van der Waals surface area contributed by atoms with Crippen LogP contribution in [0.25, 0.3) is 0 Å². The van der Waals surface area contributed by atoms with Gasteiger partial charge in [-0.2, -0.15) is 0 Å². The fourth-order valence-electron chi connectivity index (χ4n) is 1.80. The van der Waals surface area contributed by atoms with Gasteiger partial charge in [0.05, 0.1) is 0 Å². The third-order valence-electron chi connectivity index (χ3n) is 2.67. The maximum absolute atomic E-state index is 4.20. The van der Waals surface area contributed by atoms with E-state index in [0.29, 0.717) is 5.41 Å². The lowest BCUT2D eigenvalue weighted by Gasteiger charge is -2.24. The number of hydrogen-bond acceptors (Lipinski definition) is 2. The molecule has 0 saturated carbocycles. The van der Waals surface area contributed by atoms with Crippen LogP contribution in [0.2, 0.25) is 0 Å². The van der Waals surface area contributed by atoms with E-state index in [9.17, 15) is 0 Å². The summed E-state index contributed by atoms with van der Waals surface area (Å²) in [5, 5.41) is 3.38. The van der Waals surface area contributed by atoms with E-state index in [0.717, 1.165) is 24.0 Å². The second kappa shape index (κ2) is 6.36. The summed E-state index contributed by atoms with van der Waals surface area (Å²) in [6, 6.07) is 2.15. The first-order valence-electron chi connectivity index (χ1n) is 5.83. The normalized spacial score (nSPS) is 11.8. The van der Waals surface area contributed by atoms with E-state index < -0.39 is 0 Å². The fourth-order valence-corrected chi connectivity index (χ4v) is 2.21.